The maximum atomic E-state index is 13.2. The molecule has 0 unspecified atom stereocenters. The molecule has 1 aliphatic rings. The lowest BCUT2D eigenvalue weighted by Gasteiger charge is -2.29. The number of phenols is 2. The summed E-state index contributed by atoms with van der Waals surface area (Å²) >= 11 is 0. The highest BCUT2D eigenvalue weighted by molar-refractivity contribution is 6.33. The molecule has 4 aromatic rings. The summed E-state index contributed by atoms with van der Waals surface area (Å²) in [5, 5.41) is 22.1. The van der Waals surface area contributed by atoms with Crippen molar-refractivity contribution in [1.29, 1.82) is 0 Å². The van der Waals surface area contributed by atoms with Crippen LogP contribution in [0.2, 0.25) is 0 Å². The minimum Gasteiger partial charge on any atom is -0.508 e. The minimum atomic E-state index is -0.786. The van der Waals surface area contributed by atoms with Gasteiger partial charge in [0.15, 0.2) is 0 Å². The number of benzene rings is 4. The number of carbonyl (C=O) groups is 4. The number of phenolic OH excluding ortho intramolecular Hbond substituents is 2. The molecule has 0 aromatic heterocycles. The fourth-order valence-electron chi connectivity index (χ4n) is 4.27. The molecule has 5 rings (SSSR count). The van der Waals surface area contributed by atoms with Gasteiger partial charge in [-0.25, -0.2) is 9.80 Å². The number of imide groups is 2. The molecule has 8 heteroatoms. The molecule has 168 valence electrons. The third-order valence-corrected chi connectivity index (χ3v) is 5.77. The number of fused-ring (bicyclic) bond motifs is 2. The molecule has 0 radical (unpaired) electrons. The Hall–Kier alpha value is -4.72. The van der Waals surface area contributed by atoms with E-state index in [2.05, 4.69) is 0 Å². The normalized spacial score (nSPS) is 15.2. The summed E-state index contributed by atoms with van der Waals surface area (Å²) in [5.74, 6) is -3.25. The van der Waals surface area contributed by atoms with Gasteiger partial charge in [-0.1, -0.05) is 36.4 Å². The maximum absolute atomic E-state index is 13.2. The van der Waals surface area contributed by atoms with Crippen LogP contribution in [0.3, 0.4) is 0 Å². The lowest BCUT2D eigenvalue weighted by Crippen LogP contribution is -2.49. The zero-order valence-corrected chi connectivity index (χ0v) is 17.8. The number of carbonyl (C=O) groups excluding carboxylic acids is 4. The Labute approximate surface area is 193 Å². The molecule has 1 aliphatic heterocycles. The second-order valence-electron chi connectivity index (χ2n) is 7.96. The molecule has 34 heavy (non-hydrogen) atoms. The number of aromatic hydroxyl groups is 2. The molecule has 4 amide bonds. The number of anilines is 2. The summed E-state index contributed by atoms with van der Waals surface area (Å²) < 4.78 is 0. The Kier molecular flexibility index (Phi) is 4.98. The van der Waals surface area contributed by atoms with Crippen LogP contribution in [0, 0.1) is 0 Å². The topological polar surface area (TPSA) is 115 Å². The molecule has 0 atom stereocenters. The summed E-state index contributed by atoms with van der Waals surface area (Å²) in [7, 11) is 0. The van der Waals surface area contributed by atoms with Crippen LogP contribution >= 0.6 is 0 Å². The molecular weight excluding hydrogens is 436 g/mol. The first-order valence-corrected chi connectivity index (χ1v) is 10.5. The fourth-order valence-corrected chi connectivity index (χ4v) is 4.27. The molecule has 0 aliphatic carbocycles. The van der Waals surface area contributed by atoms with Gasteiger partial charge in [-0.05, 0) is 47.2 Å². The van der Waals surface area contributed by atoms with Gasteiger partial charge in [-0.15, -0.1) is 0 Å². The highest BCUT2D eigenvalue weighted by Gasteiger charge is 2.37. The molecule has 0 spiro atoms. The number of hydrogen-bond acceptors (Lipinski definition) is 6. The van der Waals surface area contributed by atoms with E-state index in [1.165, 1.54) is 36.4 Å². The maximum Gasteiger partial charge on any atom is 0.243 e. The van der Waals surface area contributed by atoms with Crippen LogP contribution in [-0.2, 0) is 19.2 Å². The van der Waals surface area contributed by atoms with Crippen molar-refractivity contribution in [2.75, 3.05) is 9.80 Å². The SMILES string of the molecule is O=C1CC(=O)N(c2cccc3ccc(O)cc23)C(=O)CC(=O)N1c1cccc2ccc(O)cc12. The van der Waals surface area contributed by atoms with Crippen LogP contribution < -0.4 is 9.80 Å². The van der Waals surface area contributed by atoms with Gasteiger partial charge < -0.3 is 10.2 Å². The highest BCUT2D eigenvalue weighted by Crippen LogP contribution is 2.34. The molecule has 2 N–H and O–H groups in total. The van der Waals surface area contributed by atoms with Gasteiger partial charge in [-0.3, -0.25) is 19.2 Å². The predicted molar refractivity (Wildman–Crippen MR) is 125 cm³/mol. The smallest absolute Gasteiger partial charge is 0.243 e. The molecule has 1 heterocycles. The lowest BCUT2D eigenvalue weighted by molar-refractivity contribution is -0.134. The molecule has 8 nitrogen and oxygen atoms in total. The zero-order chi connectivity index (χ0) is 24.0. The average molecular weight is 454 g/mol. The molecule has 4 aromatic carbocycles. The van der Waals surface area contributed by atoms with Crippen molar-refractivity contribution in [3.63, 3.8) is 0 Å². The first-order valence-electron chi connectivity index (χ1n) is 10.5. The second kappa shape index (κ2) is 8.00. The highest BCUT2D eigenvalue weighted by atomic mass is 16.3. The van der Waals surface area contributed by atoms with Gasteiger partial charge in [-0.2, -0.15) is 0 Å². The van der Waals surface area contributed by atoms with Gasteiger partial charge in [0.2, 0.25) is 23.6 Å². The van der Waals surface area contributed by atoms with Crippen LogP contribution in [0.5, 0.6) is 11.5 Å². The fraction of sp³-hybridized carbons (Fsp3) is 0.0769. The predicted octanol–water partition coefficient (Wildman–Crippen LogP) is 3.62. The number of hydrogen-bond donors (Lipinski definition) is 2. The molecule has 1 fully saturated rings. The van der Waals surface area contributed by atoms with Crippen LogP contribution in [0.25, 0.3) is 21.5 Å². The zero-order valence-electron chi connectivity index (χ0n) is 17.8. The number of rotatable bonds is 2. The molecule has 1 saturated heterocycles. The minimum absolute atomic E-state index is 0.0515. The van der Waals surface area contributed by atoms with Gasteiger partial charge in [0.05, 0.1) is 11.4 Å². The van der Waals surface area contributed by atoms with Crippen LogP contribution in [0.4, 0.5) is 11.4 Å². The van der Waals surface area contributed by atoms with E-state index >= 15 is 0 Å². The second-order valence-corrected chi connectivity index (χ2v) is 7.96. The van der Waals surface area contributed by atoms with Crippen LogP contribution in [-0.4, -0.2) is 33.8 Å². The van der Waals surface area contributed by atoms with E-state index in [4.69, 9.17) is 0 Å². The van der Waals surface area contributed by atoms with Gasteiger partial charge in [0.1, 0.15) is 24.3 Å². The van der Waals surface area contributed by atoms with Crippen molar-refractivity contribution in [2.24, 2.45) is 0 Å². The average Bonchev–Trinajstić information content (AvgIpc) is 2.79. The Bertz CT molecular complexity index is 1380. The van der Waals surface area contributed by atoms with Crippen molar-refractivity contribution in [1.82, 2.24) is 0 Å². The largest absolute Gasteiger partial charge is 0.508 e. The van der Waals surface area contributed by atoms with E-state index in [9.17, 15) is 29.4 Å². The van der Waals surface area contributed by atoms with Gasteiger partial charge in [0, 0.05) is 10.8 Å². The summed E-state index contributed by atoms with van der Waals surface area (Å²) in [4.78, 5) is 54.3. The first kappa shape index (κ1) is 21.1. The van der Waals surface area contributed by atoms with E-state index < -0.39 is 36.5 Å². The summed E-state index contributed by atoms with van der Waals surface area (Å²) in [6, 6.07) is 18.9. The third-order valence-electron chi connectivity index (χ3n) is 5.77. The Morgan fingerprint density at radius 2 is 0.912 bits per heavy atom. The summed E-state index contributed by atoms with van der Waals surface area (Å²) in [5.41, 5.74) is 0.375. The first-order chi connectivity index (χ1) is 16.3. The van der Waals surface area contributed by atoms with Gasteiger partial charge >= 0.3 is 0 Å². The van der Waals surface area contributed by atoms with E-state index in [0.717, 1.165) is 9.80 Å². The molecule has 0 saturated carbocycles. The van der Waals surface area contributed by atoms with Crippen LogP contribution in [0.1, 0.15) is 12.8 Å². The van der Waals surface area contributed by atoms with Crippen molar-refractivity contribution < 1.29 is 29.4 Å². The summed E-state index contributed by atoms with van der Waals surface area (Å²) in [6.45, 7) is 0. The van der Waals surface area contributed by atoms with E-state index in [-0.39, 0.29) is 22.9 Å². The standard InChI is InChI=1S/C26H18N2O6/c29-17-9-7-15-3-1-5-21(19(15)11-17)27-23(31)13-25(33)28(26(34)14-24(27)32)22-6-2-4-16-8-10-18(30)12-20(16)22/h1-12,29-30H,13-14H2. The van der Waals surface area contributed by atoms with Crippen molar-refractivity contribution in [3.8, 4) is 11.5 Å². The molecule has 0 bridgehead atoms. The van der Waals surface area contributed by atoms with E-state index in [0.29, 0.717) is 21.5 Å². The van der Waals surface area contributed by atoms with E-state index in [1.54, 1.807) is 36.4 Å². The van der Waals surface area contributed by atoms with E-state index in [1.807, 2.05) is 0 Å². The quantitative estimate of drug-likeness (QED) is 0.353. The van der Waals surface area contributed by atoms with Crippen molar-refractivity contribution >= 4 is 56.5 Å². The van der Waals surface area contributed by atoms with Crippen molar-refractivity contribution in [2.45, 2.75) is 12.8 Å². The number of nitrogens with zero attached hydrogens (tertiary/aromatic N) is 2. The summed E-state index contributed by atoms with van der Waals surface area (Å²) in [6.07, 6.45) is -1.44. The van der Waals surface area contributed by atoms with Crippen molar-refractivity contribution in [3.05, 3.63) is 72.8 Å². The van der Waals surface area contributed by atoms with Crippen LogP contribution in [0.15, 0.2) is 72.8 Å². The Morgan fingerprint density at radius 1 is 0.529 bits per heavy atom. The Balaban J connectivity index is 1.58. The molecular formula is C26H18N2O6. The lowest BCUT2D eigenvalue weighted by atomic mass is 10.0. The third kappa shape index (κ3) is 3.51. The monoisotopic (exact) mass is 454 g/mol. The number of amides is 4. The van der Waals surface area contributed by atoms with Gasteiger partial charge in [0.25, 0.3) is 0 Å². The Morgan fingerprint density at radius 3 is 1.29 bits per heavy atom.